The standard InChI is InChI=1S/C40H46N4O4/c1-3-48-40(47)35(30-17-9-5-10-18-30)39(46)44-25-23-43(24-26-44)27-33-36(38(45)41-28(2)29-15-7-4-8-16-29)32-21-13-14-22-34(32)42-37(33)31-19-11-6-12-20-31/h5-6,9-14,17-22,28-29,35H,3-4,7-8,15-16,23-27H2,1-2H3,(H,41,45)/t28-,35?/m0/s1. The quantitative estimate of drug-likeness (QED) is 0.154. The first-order valence-corrected chi connectivity index (χ1v) is 17.4. The van der Waals surface area contributed by atoms with Crippen molar-refractivity contribution in [2.75, 3.05) is 32.8 Å². The van der Waals surface area contributed by atoms with Crippen molar-refractivity contribution >= 4 is 28.7 Å². The van der Waals surface area contributed by atoms with Crippen LogP contribution in [0.15, 0.2) is 84.9 Å². The van der Waals surface area contributed by atoms with Crippen LogP contribution in [0.1, 0.15) is 73.4 Å². The van der Waals surface area contributed by atoms with E-state index in [1.54, 1.807) is 24.0 Å². The number of hydrogen-bond donors (Lipinski definition) is 1. The molecule has 0 spiro atoms. The number of nitrogens with one attached hydrogen (secondary N) is 1. The summed E-state index contributed by atoms with van der Waals surface area (Å²) in [5.41, 5.74) is 4.75. The highest BCUT2D eigenvalue weighted by Gasteiger charge is 2.35. The minimum Gasteiger partial charge on any atom is -0.465 e. The number of pyridine rings is 1. The van der Waals surface area contributed by atoms with Gasteiger partial charge in [0.25, 0.3) is 5.91 Å². The maximum Gasteiger partial charge on any atom is 0.323 e. The van der Waals surface area contributed by atoms with E-state index < -0.39 is 11.9 Å². The number of nitrogens with zero attached hydrogens (tertiary/aromatic N) is 3. The van der Waals surface area contributed by atoms with Gasteiger partial charge in [-0.1, -0.05) is 98.1 Å². The maximum atomic E-state index is 14.4. The van der Waals surface area contributed by atoms with Crippen LogP contribution in [0.25, 0.3) is 22.2 Å². The minimum atomic E-state index is -0.992. The van der Waals surface area contributed by atoms with Crippen LogP contribution < -0.4 is 5.32 Å². The van der Waals surface area contributed by atoms with Crippen LogP contribution in [0.4, 0.5) is 0 Å². The van der Waals surface area contributed by atoms with Crippen molar-refractivity contribution in [3.63, 3.8) is 0 Å². The Labute approximate surface area is 283 Å². The van der Waals surface area contributed by atoms with Crippen molar-refractivity contribution in [3.8, 4) is 11.3 Å². The van der Waals surface area contributed by atoms with Crippen molar-refractivity contribution in [2.24, 2.45) is 5.92 Å². The zero-order chi connectivity index (χ0) is 33.5. The van der Waals surface area contributed by atoms with E-state index in [-0.39, 0.29) is 24.5 Å². The lowest BCUT2D eigenvalue weighted by molar-refractivity contribution is -0.152. The minimum absolute atomic E-state index is 0.0622. The molecule has 2 aliphatic rings. The summed E-state index contributed by atoms with van der Waals surface area (Å²) in [6.07, 6.45) is 5.99. The van der Waals surface area contributed by atoms with Gasteiger partial charge in [0.15, 0.2) is 5.92 Å². The lowest BCUT2D eigenvalue weighted by Crippen LogP contribution is -2.50. The fourth-order valence-electron chi connectivity index (χ4n) is 7.31. The third-order valence-corrected chi connectivity index (χ3v) is 9.95. The predicted octanol–water partition coefficient (Wildman–Crippen LogP) is 6.59. The van der Waals surface area contributed by atoms with E-state index in [4.69, 9.17) is 9.72 Å². The number of benzene rings is 3. The zero-order valence-corrected chi connectivity index (χ0v) is 28.1. The van der Waals surface area contributed by atoms with Gasteiger partial charge in [-0.15, -0.1) is 0 Å². The number of aromatic nitrogens is 1. The Kier molecular flexibility index (Phi) is 10.8. The van der Waals surface area contributed by atoms with Gasteiger partial charge in [-0.05, 0) is 44.2 Å². The summed E-state index contributed by atoms with van der Waals surface area (Å²) in [5, 5.41) is 4.25. The number of rotatable bonds is 10. The fraction of sp³-hybridized carbons (Fsp3) is 0.400. The Morgan fingerprint density at radius 3 is 2.19 bits per heavy atom. The van der Waals surface area contributed by atoms with Gasteiger partial charge in [-0.2, -0.15) is 0 Å². The smallest absolute Gasteiger partial charge is 0.323 e. The molecule has 1 aromatic heterocycles. The number of carbonyl (C=O) groups is 3. The first-order valence-electron chi connectivity index (χ1n) is 17.4. The van der Waals surface area contributed by atoms with Crippen LogP contribution in [-0.4, -0.2) is 71.4 Å². The number of piperazine rings is 1. The molecule has 1 saturated heterocycles. The van der Waals surface area contributed by atoms with Crippen molar-refractivity contribution in [1.29, 1.82) is 0 Å². The molecule has 250 valence electrons. The van der Waals surface area contributed by atoms with Gasteiger partial charge in [0.2, 0.25) is 5.91 Å². The van der Waals surface area contributed by atoms with Gasteiger partial charge < -0.3 is 15.0 Å². The molecule has 1 aliphatic carbocycles. The van der Waals surface area contributed by atoms with Gasteiger partial charge in [0.1, 0.15) is 0 Å². The van der Waals surface area contributed by atoms with E-state index >= 15 is 0 Å². The lowest BCUT2D eigenvalue weighted by atomic mass is 9.84. The largest absolute Gasteiger partial charge is 0.465 e. The molecule has 6 rings (SSSR count). The van der Waals surface area contributed by atoms with E-state index in [1.807, 2.05) is 72.8 Å². The van der Waals surface area contributed by atoms with Crippen molar-refractivity contribution < 1.29 is 19.1 Å². The van der Waals surface area contributed by atoms with E-state index in [9.17, 15) is 14.4 Å². The van der Waals surface area contributed by atoms with Crippen LogP contribution in [0, 0.1) is 5.92 Å². The summed E-state index contributed by atoms with van der Waals surface area (Å²) < 4.78 is 5.32. The molecule has 0 radical (unpaired) electrons. The molecular formula is C40H46N4O4. The van der Waals surface area contributed by atoms with Crippen LogP contribution in [-0.2, 0) is 20.9 Å². The Balaban J connectivity index is 1.29. The molecule has 2 atom stereocenters. The molecule has 4 aromatic rings. The summed E-state index contributed by atoms with van der Waals surface area (Å²) in [7, 11) is 0. The van der Waals surface area contributed by atoms with Crippen LogP contribution in [0.3, 0.4) is 0 Å². The zero-order valence-electron chi connectivity index (χ0n) is 28.1. The summed E-state index contributed by atoms with van der Waals surface area (Å²) in [4.78, 5) is 50.3. The molecule has 2 fully saturated rings. The third-order valence-electron chi connectivity index (χ3n) is 9.95. The van der Waals surface area contributed by atoms with Gasteiger partial charge in [0, 0.05) is 55.3 Å². The maximum absolute atomic E-state index is 14.4. The van der Waals surface area contributed by atoms with Gasteiger partial charge in [0.05, 0.1) is 23.4 Å². The molecule has 0 bridgehead atoms. The predicted molar refractivity (Wildman–Crippen MR) is 188 cm³/mol. The van der Waals surface area contributed by atoms with Gasteiger partial charge >= 0.3 is 5.97 Å². The number of amides is 2. The molecule has 2 amide bonds. The SMILES string of the molecule is CCOC(=O)C(C(=O)N1CCN(Cc2c(-c3ccccc3)nc3ccccc3c2C(=O)N[C@@H](C)C2CCCCC2)CC1)c1ccccc1. The Morgan fingerprint density at radius 2 is 1.50 bits per heavy atom. The summed E-state index contributed by atoms with van der Waals surface area (Å²) in [6, 6.07) is 27.2. The normalized spacial score (nSPS) is 17.1. The highest BCUT2D eigenvalue weighted by atomic mass is 16.5. The second kappa shape index (κ2) is 15.6. The number of ether oxygens (including phenoxy) is 1. The molecule has 8 nitrogen and oxygen atoms in total. The van der Waals surface area contributed by atoms with E-state index in [0.717, 1.165) is 40.6 Å². The van der Waals surface area contributed by atoms with Crippen LogP contribution >= 0.6 is 0 Å². The molecule has 8 heteroatoms. The average molecular weight is 647 g/mol. The fourth-order valence-corrected chi connectivity index (χ4v) is 7.31. The number of esters is 1. The number of carbonyl (C=O) groups excluding carboxylic acids is 3. The summed E-state index contributed by atoms with van der Waals surface area (Å²) in [5.74, 6) is -1.34. The molecule has 3 aromatic carbocycles. The molecular weight excluding hydrogens is 600 g/mol. The lowest BCUT2D eigenvalue weighted by Gasteiger charge is -2.36. The number of para-hydroxylation sites is 1. The Morgan fingerprint density at radius 1 is 0.854 bits per heavy atom. The molecule has 1 unspecified atom stereocenters. The Hall–Kier alpha value is -4.56. The van der Waals surface area contributed by atoms with Crippen molar-refractivity contribution in [2.45, 2.75) is 64.5 Å². The van der Waals surface area contributed by atoms with Gasteiger partial charge in [-0.25, -0.2) is 4.98 Å². The molecule has 48 heavy (non-hydrogen) atoms. The number of fused-ring (bicyclic) bond motifs is 1. The monoisotopic (exact) mass is 646 g/mol. The second-order valence-corrected chi connectivity index (χ2v) is 13.1. The third kappa shape index (κ3) is 7.44. The van der Waals surface area contributed by atoms with Gasteiger partial charge in [-0.3, -0.25) is 19.3 Å². The first kappa shape index (κ1) is 33.3. The number of hydrogen-bond acceptors (Lipinski definition) is 6. The van der Waals surface area contributed by atoms with E-state index in [0.29, 0.717) is 49.8 Å². The molecule has 1 aliphatic heterocycles. The highest BCUT2D eigenvalue weighted by Crippen LogP contribution is 2.33. The van der Waals surface area contributed by atoms with Crippen LogP contribution in [0.2, 0.25) is 0 Å². The van der Waals surface area contributed by atoms with Crippen LogP contribution in [0.5, 0.6) is 0 Å². The topological polar surface area (TPSA) is 91.8 Å². The van der Waals surface area contributed by atoms with E-state index in [1.165, 1.54) is 19.3 Å². The van der Waals surface area contributed by atoms with Crippen molar-refractivity contribution in [3.05, 3.63) is 102 Å². The summed E-state index contributed by atoms with van der Waals surface area (Å²) >= 11 is 0. The van der Waals surface area contributed by atoms with E-state index in [2.05, 4.69) is 17.1 Å². The highest BCUT2D eigenvalue weighted by molar-refractivity contribution is 6.09. The molecule has 2 heterocycles. The average Bonchev–Trinajstić information content (AvgIpc) is 3.13. The van der Waals surface area contributed by atoms with Crippen molar-refractivity contribution in [1.82, 2.24) is 20.1 Å². The second-order valence-electron chi connectivity index (χ2n) is 13.1. The Bertz CT molecular complexity index is 1710. The summed E-state index contributed by atoms with van der Waals surface area (Å²) in [6.45, 7) is 6.72. The first-order chi connectivity index (χ1) is 23.4. The molecule has 1 saturated carbocycles. The molecule has 1 N–H and O–H groups in total.